The number of nitrogens with one attached hydrogen (secondary N) is 2. The van der Waals surface area contributed by atoms with Gasteiger partial charge in [-0.3, -0.25) is 4.79 Å². The van der Waals surface area contributed by atoms with Crippen molar-refractivity contribution in [1.29, 1.82) is 0 Å². The molecule has 1 amide bonds. The van der Waals surface area contributed by atoms with E-state index in [-0.39, 0.29) is 11.9 Å². The summed E-state index contributed by atoms with van der Waals surface area (Å²) in [6.45, 7) is 0.693. The molecule has 3 N–H and O–H groups in total. The molecule has 4 heteroatoms. The summed E-state index contributed by atoms with van der Waals surface area (Å²) in [5, 5.41) is 16.2. The SMILES string of the molecule is O=C(CCNC1CCc2c(O)cccc21)NC1CC1. The van der Waals surface area contributed by atoms with Crippen molar-refractivity contribution < 1.29 is 9.90 Å². The van der Waals surface area contributed by atoms with Crippen molar-refractivity contribution >= 4 is 5.91 Å². The molecule has 1 aromatic rings. The Morgan fingerprint density at radius 1 is 1.32 bits per heavy atom. The Morgan fingerprint density at radius 2 is 2.16 bits per heavy atom. The Kier molecular flexibility index (Phi) is 3.42. The van der Waals surface area contributed by atoms with Crippen molar-refractivity contribution in [2.75, 3.05) is 6.54 Å². The number of amides is 1. The van der Waals surface area contributed by atoms with E-state index in [1.54, 1.807) is 6.07 Å². The molecule has 0 spiro atoms. The maximum atomic E-state index is 11.6. The van der Waals surface area contributed by atoms with Crippen LogP contribution in [0.5, 0.6) is 5.75 Å². The summed E-state index contributed by atoms with van der Waals surface area (Å²) >= 11 is 0. The van der Waals surface area contributed by atoms with Gasteiger partial charge >= 0.3 is 0 Å². The number of phenolic OH excluding ortho intramolecular Hbond substituents is 1. The molecule has 0 aromatic heterocycles. The van der Waals surface area contributed by atoms with Gasteiger partial charge in [-0.2, -0.15) is 0 Å². The molecule has 1 aromatic carbocycles. The Balaban J connectivity index is 1.49. The molecule has 19 heavy (non-hydrogen) atoms. The van der Waals surface area contributed by atoms with Crippen LogP contribution in [0.1, 0.15) is 42.9 Å². The van der Waals surface area contributed by atoms with Crippen molar-refractivity contribution in [1.82, 2.24) is 10.6 Å². The van der Waals surface area contributed by atoms with Gasteiger partial charge in [-0.25, -0.2) is 0 Å². The Labute approximate surface area is 113 Å². The quantitative estimate of drug-likeness (QED) is 0.754. The van der Waals surface area contributed by atoms with E-state index in [0.29, 0.717) is 24.8 Å². The number of rotatable bonds is 5. The molecule has 0 saturated heterocycles. The molecule has 2 aliphatic rings. The van der Waals surface area contributed by atoms with Crippen molar-refractivity contribution in [3.05, 3.63) is 29.3 Å². The predicted octanol–water partition coefficient (Wildman–Crippen LogP) is 1.64. The molecule has 1 atom stereocenters. The number of carbonyl (C=O) groups is 1. The summed E-state index contributed by atoms with van der Waals surface area (Å²) in [6, 6.07) is 6.40. The third kappa shape index (κ3) is 2.89. The van der Waals surface area contributed by atoms with E-state index in [1.807, 2.05) is 6.07 Å². The number of carbonyl (C=O) groups excluding carboxylic acids is 1. The van der Waals surface area contributed by atoms with Gasteiger partial charge < -0.3 is 15.7 Å². The number of phenols is 1. The summed E-state index contributed by atoms with van der Waals surface area (Å²) < 4.78 is 0. The summed E-state index contributed by atoms with van der Waals surface area (Å²) in [5.74, 6) is 0.539. The fraction of sp³-hybridized carbons (Fsp3) is 0.533. The first-order chi connectivity index (χ1) is 9.24. The van der Waals surface area contributed by atoms with Crippen LogP contribution in [0.2, 0.25) is 0 Å². The van der Waals surface area contributed by atoms with Crippen LogP contribution in [0.3, 0.4) is 0 Å². The van der Waals surface area contributed by atoms with Gasteiger partial charge in [-0.05, 0) is 42.9 Å². The molecule has 0 bridgehead atoms. The summed E-state index contributed by atoms with van der Waals surface area (Å²) in [7, 11) is 0. The van der Waals surface area contributed by atoms with E-state index >= 15 is 0 Å². The largest absolute Gasteiger partial charge is 0.508 e. The lowest BCUT2D eigenvalue weighted by Crippen LogP contribution is -2.30. The van der Waals surface area contributed by atoms with Crippen LogP contribution in [0, 0.1) is 0 Å². The van der Waals surface area contributed by atoms with Gasteiger partial charge in [-0.15, -0.1) is 0 Å². The first kappa shape index (κ1) is 12.5. The second-order valence-electron chi connectivity index (χ2n) is 5.48. The Morgan fingerprint density at radius 3 is 2.95 bits per heavy atom. The molecule has 4 nitrogen and oxygen atoms in total. The van der Waals surface area contributed by atoms with Gasteiger partial charge in [0.15, 0.2) is 0 Å². The molecule has 0 radical (unpaired) electrons. The lowest BCUT2D eigenvalue weighted by Gasteiger charge is -2.14. The van der Waals surface area contributed by atoms with Crippen LogP contribution >= 0.6 is 0 Å². The fourth-order valence-electron chi connectivity index (χ4n) is 2.73. The van der Waals surface area contributed by atoms with Crippen LogP contribution in [0.15, 0.2) is 18.2 Å². The normalized spacial score (nSPS) is 21.2. The van der Waals surface area contributed by atoms with Gasteiger partial charge in [0.2, 0.25) is 5.91 Å². The van der Waals surface area contributed by atoms with Crippen LogP contribution in [0.25, 0.3) is 0 Å². The Hall–Kier alpha value is -1.55. The summed E-state index contributed by atoms with van der Waals surface area (Å²) in [5.41, 5.74) is 2.24. The maximum Gasteiger partial charge on any atom is 0.221 e. The van der Waals surface area contributed by atoms with E-state index < -0.39 is 0 Å². The van der Waals surface area contributed by atoms with Gasteiger partial charge in [-0.1, -0.05) is 12.1 Å². The summed E-state index contributed by atoms with van der Waals surface area (Å²) in [4.78, 5) is 11.6. The van der Waals surface area contributed by atoms with Crippen molar-refractivity contribution in [3.8, 4) is 5.75 Å². The standard InChI is InChI=1S/C15H20N2O2/c18-14-3-1-2-11-12(14)6-7-13(11)16-9-8-15(19)17-10-4-5-10/h1-3,10,13,16,18H,4-9H2,(H,17,19). The van der Waals surface area contributed by atoms with Gasteiger partial charge in [0.25, 0.3) is 0 Å². The monoisotopic (exact) mass is 260 g/mol. The lowest BCUT2D eigenvalue weighted by atomic mass is 10.1. The van der Waals surface area contributed by atoms with Gasteiger partial charge in [0, 0.05) is 25.0 Å². The smallest absolute Gasteiger partial charge is 0.221 e. The zero-order chi connectivity index (χ0) is 13.2. The minimum Gasteiger partial charge on any atom is -0.508 e. The highest BCUT2D eigenvalue weighted by atomic mass is 16.3. The molecular formula is C15H20N2O2. The second kappa shape index (κ2) is 5.21. The molecular weight excluding hydrogens is 240 g/mol. The van der Waals surface area contributed by atoms with E-state index in [1.165, 1.54) is 5.56 Å². The molecule has 0 heterocycles. The van der Waals surface area contributed by atoms with Crippen LogP contribution in [0.4, 0.5) is 0 Å². The molecule has 102 valence electrons. The van der Waals surface area contributed by atoms with Crippen LogP contribution in [-0.2, 0) is 11.2 Å². The van der Waals surface area contributed by atoms with E-state index in [0.717, 1.165) is 31.2 Å². The first-order valence-corrected chi connectivity index (χ1v) is 7.07. The number of benzene rings is 1. The number of hydrogen-bond donors (Lipinski definition) is 3. The molecule has 1 unspecified atom stereocenters. The highest BCUT2D eigenvalue weighted by molar-refractivity contribution is 5.76. The fourth-order valence-corrected chi connectivity index (χ4v) is 2.73. The predicted molar refractivity (Wildman–Crippen MR) is 73.0 cm³/mol. The van der Waals surface area contributed by atoms with Crippen LogP contribution < -0.4 is 10.6 Å². The van der Waals surface area contributed by atoms with Gasteiger partial charge in [0.05, 0.1) is 0 Å². The lowest BCUT2D eigenvalue weighted by molar-refractivity contribution is -0.121. The second-order valence-corrected chi connectivity index (χ2v) is 5.48. The van der Waals surface area contributed by atoms with Crippen molar-refractivity contribution in [2.24, 2.45) is 0 Å². The third-order valence-corrected chi connectivity index (χ3v) is 3.93. The van der Waals surface area contributed by atoms with Crippen molar-refractivity contribution in [3.63, 3.8) is 0 Å². The first-order valence-electron chi connectivity index (χ1n) is 7.07. The molecule has 3 rings (SSSR count). The summed E-state index contributed by atoms with van der Waals surface area (Å²) in [6.07, 6.45) is 4.70. The zero-order valence-electron chi connectivity index (χ0n) is 11.0. The molecule has 1 fully saturated rings. The minimum absolute atomic E-state index is 0.143. The van der Waals surface area contributed by atoms with E-state index in [4.69, 9.17) is 0 Å². The molecule has 2 aliphatic carbocycles. The highest BCUT2D eigenvalue weighted by Gasteiger charge is 2.25. The van der Waals surface area contributed by atoms with E-state index in [9.17, 15) is 9.90 Å². The number of aromatic hydroxyl groups is 1. The average molecular weight is 260 g/mol. The highest BCUT2D eigenvalue weighted by Crippen LogP contribution is 2.36. The molecule has 0 aliphatic heterocycles. The number of fused-ring (bicyclic) bond motifs is 1. The average Bonchev–Trinajstić information content (AvgIpc) is 3.09. The number of hydrogen-bond acceptors (Lipinski definition) is 3. The maximum absolute atomic E-state index is 11.6. The van der Waals surface area contributed by atoms with Gasteiger partial charge in [0.1, 0.15) is 5.75 Å². The van der Waals surface area contributed by atoms with Crippen LogP contribution in [-0.4, -0.2) is 23.6 Å². The molecule has 1 saturated carbocycles. The van der Waals surface area contributed by atoms with Crippen molar-refractivity contribution in [2.45, 2.75) is 44.2 Å². The minimum atomic E-state index is 0.143. The zero-order valence-corrected chi connectivity index (χ0v) is 11.0. The third-order valence-electron chi connectivity index (χ3n) is 3.93. The van der Waals surface area contributed by atoms with E-state index in [2.05, 4.69) is 16.7 Å². The topological polar surface area (TPSA) is 61.4 Å². The Bertz CT molecular complexity index is 483.